The number of carbonyl (C=O) groups is 2. The van der Waals surface area contributed by atoms with Gasteiger partial charge in [0.1, 0.15) is 0 Å². The molecule has 6 aliphatic rings. The molecule has 7 nitrogen and oxygen atoms in total. The molecule has 1 aromatic heterocycles. The lowest BCUT2D eigenvalue weighted by Gasteiger charge is -2.71. The second-order valence-electron chi connectivity index (χ2n) is 17.0. The quantitative estimate of drug-likeness (QED) is 0.154. The summed E-state index contributed by atoms with van der Waals surface area (Å²) >= 11 is 1.69. The molecule has 1 heterocycles. The van der Waals surface area contributed by atoms with Crippen LogP contribution in [-0.2, 0) is 17.6 Å². The van der Waals surface area contributed by atoms with Crippen LogP contribution in [-0.4, -0.2) is 65.8 Å². The lowest BCUT2D eigenvalue weighted by molar-refractivity contribution is -0.178. The van der Waals surface area contributed by atoms with Crippen LogP contribution in [0.25, 0.3) is 0 Å². The Labute approximate surface area is 317 Å². The molecule has 2 N–H and O–H groups in total. The Morgan fingerprint density at radius 3 is 2.36 bits per heavy atom. The Kier molecular flexibility index (Phi) is 9.06. The third-order valence-electron chi connectivity index (χ3n) is 14.8. The summed E-state index contributed by atoms with van der Waals surface area (Å²) in [5.74, 6) is 1.44. The fourth-order valence-corrected chi connectivity index (χ4v) is 12.6. The van der Waals surface area contributed by atoms with Crippen molar-refractivity contribution in [3.63, 3.8) is 0 Å². The second kappa shape index (κ2) is 13.2. The number of hydrogen-bond acceptors (Lipinski definition) is 7. The van der Waals surface area contributed by atoms with E-state index in [4.69, 9.17) is 9.47 Å². The van der Waals surface area contributed by atoms with Crippen molar-refractivity contribution in [1.29, 1.82) is 0 Å². The third-order valence-corrected chi connectivity index (χ3v) is 15.7. The summed E-state index contributed by atoms with van der Waals surface area (Å²) in [5, 5.41) is 26.2. The maximum atomic E-state index is 14.8. The lowest BCUT2D eigenvalue weighted by atomic mass is 9.32. The number of thiophene rings is 1. The van der Waals surface area contributed by atoms with Gasteiger partial charge in [0.05, 0.1) is 32.3 Å². The van der Waals surface area contributed by atoms with Crippen LogP contribution >= 0.6 is 11.3 Å². The molecule has 3 fully saturated rings. The van der Waals surface area contributed by atoms with Gasteiger partial charge in [-0.1, -0.05) is 74.5 Å². The van der Waals surface area contributed by atoms with Crippen LogP contribution in [0, 0.1) is 33.5 Å². The molecule has 2 aromatic carbocycles. The molecule has 9 rings (SSSR count). The van der Waals surface area contributed by atoms with Crippen molar-refractivity contribution in [2.75, 3.05) is 27.3 Å². The number of Topliss-reactive ketones (excluding diaryl/α,β-unsaturated/α-hetero) is 1. The molecule has 3 saturated carbocycles. The molecule has 3 aromatic rings. The van der Waals surface area contributed by atoms with Crippen LogP contribution in [0.4, 0.5) is 0 Å². The predicted molar refractivity (Wildman–Crippen MR) is 207 cm³/mol. The molecule has 8 atom stereocenters. The zero-order valence-electron chi connectivity index (χ0n) is 31.5. The minimum Gasteiger partial charge on any atom is -0.493 e. The standard InChI is InChI=1S/C45H53NO6S/c1-41-18-14-32(47)27-43(41)21-22-45(34(28-43)40(49)31-9-6-5-7-10-31)37(41)15-19-42(2)38(45)16-20-44(42,50)29-46(23-17-33-11-8-24-53-33)39(48)26-30-12-13-35(51-3)36(25-30)52-4/h5-13,21-22,24-25,28,32,37-38,47,50H,14-20,23,26-27,29H2,1-4H3/t32?,37-,38-,41-,42+,43+,44-,45-/m1/s1. The van der Waals surface area contributed by atoms with Crippen LogP contribution in [0.2, 0.25) is 0 Å². The first-order chi connectivity index (χ1) is 25.4. The average molecular weight is 736 g/mol. The van der Waals surface area contributed by atoms with E-state index >= 15 is 0 Å². The lowest BCUT2D eigenvalue weighted by Crippen LogP contribution is -2.67. The normalized spacial score (nSPS) is 35.1. The van der Waals surface area contributed by atoms with Gasteiger partial charge >= 0.3 is 0 Å². The van der Waals surface area contributed by atoms with Gasteiger partial charge in [0, 0.05) is 45.3 Å². The maximum absolute atomic E-state index is 14.8. The van der Waals surface area contributed by atoms with Crippen molar-refractivity contribution < 1.29 is 29.3 Å². The van der Waals surface area contributed by atoms with Crippen molar-refractivity contribution >= 4 is 23.0 Å². The van der Waals surface area contributed by atoms with E-state index in [0.29, 0.717) is 42.9 Å². The van der Waals surface area contributed by atoms with Crippen molar-refractivity contribution in [3.05, 3.63) is 106 Å². The highest BCUT2D eigenvalue weighted by molar-refractivity contribution is 7.09. The first-order valence-corrected chi connectivity index (χ1v) is 20.2. The van der Waals surface area contributed by atoms with Crippen LogP contribution in [0.1, 0.15) is 79.6 Å². The number of carbonyl (C=O) groups excluding carboxylic acids is 2. The van der Waals surface area contributed by atoms with Gasteiger partial charge in [-0.2, -0.15) is 0 Å². The number of aliphatic hydroxyl groups excluding tert-OH is 1. The zero-order chi connectivity index (χ0) is 37.2. The Bertz CT molecular complexity index is 1940. The summed E-state index contributed by atoms with van der Waals surface area (Å²) in [5.41, 5.74) is -0.366. The van der Waals surface area contributed by atoms with Crippen molar-refractivity contribution in [2.24, 2.45) is 33.5 Å². The highest BCUT2D eigenvalue weighted by Crippen LogP contribution is 2.78. The van der Waals surface area contributed by atoms with Gasteiger partial charge in [-0.3, -0.25) is 9.59 Å². The molecule has 8 heteroatoms. The molecule has 2 bridgehead atoms. The number of hydrogen-bond donors (Lipinski definition) is 2. The zero-order valence-corrected chi connectivity index (χ0v) is 32.3. The second-order valence-corrected chi connectivity index (χ2v) is 18.0. The molecule has 1 amide bonds. The van der Waals surface area contributed by atoms with E-state index in [1.165, 1.54) is 4.88 Å². The van der Waals surface area contributed by atoms with E-state index in [1.54, 1.807) is 25.6 Å². The van der Waals surface area contributed by atoms with E-state index in [-0.39, 0.29) is 47.3 Å². The number of nitrogens with zero attached hydrogens (tertiary/aromatic N) is 1. The molecule has 6 aliphatic carbocycles. The Balaban J connectivity index is 1.15. The Morgan fingerprint density at radius 2 is 1.62 bits per heavy atom. The minimum absolute atomic E-state index is 0.0102. The number of allylic oxidation sites excluding steroid dienone is 4. The van der Waals surface area contributed by atoms with E-state index < -0.39 is 22.5 Å². The van der Waals surface area contributed by atoms with Gasteiger partial charge < -0.3 is 24.6 Å². The summed E-state index contributed by atoms with van der Waals surface area (Å²) in [7, 11) is 3.19. The monoisotopic (exact) mass is 735 g/mol. The number of ketones is 1. The van der Waals surface area contributed by atoms with E-state index in [9.17, 15) is 19.8 Å². The Morgan fingerprint density at radius 1 is 0.887 bits per heavy atom. The number of benzene rings is 2. The summed E-state index contributed by atoms with van der Waals surface area (Å²) in [6.07, 6.45) is 12.8. The summed E-state index contributed by atoms with van der Waals surface area (Å²) < 4.78 is 11.0. The van der Waals surface area contributed by atoms with E-state index in [1.807, 2.05) is 59.5 Å². The number of fused-ring (bicyclic) bond motifs is 1. The average Bonchev–Trinajstić information content (AvgIpc) is 3.78. The Hall–Kier alpha value is -3.72. The third kappa shape index (κ3) is 5.49. The van der Waals surface area contributed by atoms with Crippen molar-refractivity contribution in [3.8, 4) is 11.5 Å². The highest BCUT2D eigenvalue weighted by atomic mass is 32.1. The molecule has 2 spiro atoms. The van der Waals surface area contributed by atoms with Crippen LogP contribution in [0.3, 0.4) is 0 Å². The van der Waals surface area contributed by atoms with Crippen molar-refractivity contribution in [1.82, 2.24) is 4.90 Å². The molecule has 0 saturated heterocycles. The molecule has 0 aliphatic heterocycles. The van der Waals surface area contributed by atoms with E-state index in [2.05, 4.69) is 43.5 Å². The van der Waals surface area contributed by atoms with Crippen LogP contribution < -0.4 is 9.47 Å². The largest absolute Gasteiger partial charge is 0.493 e. The molecule has 53 heavy (non-hydrogen) atoms. The molecular formula is C45H53NO6S. The van der Waals surface area contributed by atoms with Gasteiger partial charge in [0.2, 0.25) is 5.91 Å². The van der Waals surface area contributed by atoms with Gasteiger partial charge in [-0.05, 0) is 97.8 Å². The smallest absolute Gasteiger partial charge is 0.227 e. The first-order valence-electron chi connectivity index (χ1n) is 19.4. The number of rotatable bonds is 11. The summed E-state index contributed by atoms with van der Waals surface area (Å²) in [6, 6.07) is 19.4. The van der Waals surface area contributed by atoms with E-state index in [0.717, 1.165) is 43.2 Å². The molecule has 280 valence electrons. The number of amides is 1. The minimum atomic E-state index is -1.15. The number of aliphatic hydroxyl groups is 2. The maximum Gasteiger partial charge on any atom is 0.227 e. The van der Waals surface area contributed by atoms with Crippen LogP contribution in [0.5, 0.6) is 11.5 Å². The molecule has 0 radical (unpaired) electrons. The summed E-state index contributed by atoms with van der Waals surface area (Å²) in [6.45, 7) is 5.39. The van der Waals surface area contributed by atoms with Gasteiger partial charge in [-0.25, -0.2) is 0 Å². The van der Waals surface area contributed by atoms with Gasteiger partial charge in [0.15, 0.2) is 17.3 Å². The topological polar surface area (TPSA) is 96.3 Å². The molecular weight excluding hydrogens is 683 g/mol. The number of methoxy groups -OCH3 is 2. The first kappa shape index (κ1) is 36.3. The summed E-state index contributed by atoms with van der Waals surface area (Å²) in [4.78, 5) is 32.2. The fraction of sp³-hybridized carbons (Fsp3) is 0.511. The fourth-order valence-electron chi connectivity index (χ4n) is 11.9. The van der Waals surface area contributed by atoms with Crippen LogP contribution in [0.15, 0.2) is 89.8 Å². The van der Waals surface area contributed by atoms with Gasteiger partial charge in [-0.15, -0.1) is 11.3 Å². The molecule has 1 unspecified atom stereocenters. The predicted octanol–water partition coefficient (Wildman–Crippen LogP) is 7.85. The number of ether oxygens (including phenoxy) is 2. The van der Waals surface area contributed by atoms with Gasteiger partial charge in [0.25, 0.3) is 0 Å². The van der Waals surface area contributed by atoms with Crippen molar-refractivity contribution in [2.45, 2.75) is 83.3 Å². The SMILES string of the molecule is COc1ccc(CC(=O)N(CCc2cccs2)C[C@]2(O)CC[C@H]3[C@]45C=C[C@@]6(C=C4C(=O)c4ccccc4)CC(O)CC[C@]6(C)[C@H]5CC[C@@]32C)cc1OC. The highest BCUT2D eigenvalue weighted by Gasteiger charge is 2.74.